The molecule has 23 heavy (non-hydrogen) atoms. The number of hydrazine groups is 1. The first-order valence-electron chi connectivity index (χ1n) is 7.24. The van der Waals surface area contributed by atoms with Gasteiger partial charge >= 0.3 is 0 Å². The molecule has 3 heterocycles. The summed E-state index contributed by atoms with van der Waals surface area (Å²) >= 11 is 6.37. The molecule has 1 saturated heterocycles. The standard InChI is InChI=1S/C14H17N5O2S2/c15-10-9-4-1-5-16-13(9)23-11(10)12(20)18-19-14(22)17-7-8-3-2-6-21-8/h1,4-5,8H,2-3,6-7,15H2,(H,18,20)(H2,17,19,22)/t8-/m0/s1. The average molecular weight is 351 g/mol. The highest BCUT2D eigenvalue weighted by Crippen LogP contribution is 2.31. The minimum absolute atomic E-state index is 0.176. The van der Waals surface area contributed by atoms with E-state index in [1.165, 1.54) is 11.3 Å². The van der Waals surface area contributed by atoms with Crippen LogP contribution in [0.4, 0.5) is 5.69 Å². The summed E-state index contributed by atoms with van der Waals surface area (Å²) in [4.78, 5) is 17.6. The maximum atomic E-state index is 12.2. The molecule has 1 aliphatic rings. The molecule has 1 aliphatic heterocycles. The third-order valence-electron chi connectivity index (χ3n) is 3.51. The third kappa shape index (κ3) is 3.69. The zero-order chi connectivity index (χ0) is 16.2. The first kappa shape index (κ1) is 15.9. The first-order chi connectivity index (χ1) is 11.1. The van der Waals surface area contributed by atoms with E-state index < -0.39 is 0 Å². The Kier molecular flexibility index (Phi) is 4.89. The van der Waals surface area contributed by atoms with Crippen LogP contribution in [-0.2, 0) is 4.74 Å². The van der Waals surface area contributed by atoms with E-state index in [-0.39, 0.29) is 12.0 Å². The number of nitrogens with two attached hydrogens (primary N) is 1. The number of carbonyl (C=O) groups is 1. The van der Waals surface area contributed by atoms with Crippen molar-refractivity contribution >= 4 is 50.5 Å². The van der Waals surface area contributed by atoms with Crippen molar-refractivity contribution < 1.29 is 9.53 Å². The van der Waals surface area contributed by atoms with Crippen molar-refractivity contribution in [2.45, 2.75) is 18.9 Å². The van der Waals surface area contributed by atoms with Gasteiger partial charge in [0.1, 0.15) is 9.71 Å². The molecule has 2 aromatic rings. The SMILES string of the molecule is Nc1c(C(=O)NNC(=S)NC[C@@H]2CCCO2)sc2ncccc12. The normalized spacial score (nSPS) is 17.1. The van der Waals surface area contributed by atoms with Gasteiger partial charge in [-0.25, -0.2) is 4.98 Å². The van der Waals surface area contributed by atoms with Gasteiger partial charge in [0, 0.05) is 24.7 Å². The number of thiophene rings is 1. The summed E-state index contributed by atoms with van der Waals surface area (Å²) in [5.74, 6) is -0.341. The molecule has 1 atom stereocenters. The van der Waals surface area contributed by atoms with Crippen molar-refractivity contribution in [3.63, 3.8) is 0 Å². The summed E-state index contributed by atoms with van der Waals surface area (Å²) in [6.45, 7) is 1.42. The number of amides is 1. The second-order valence-corrected chi connectivity index (χ2v) is 6.53. The summed E-state index contributed by atoms with van der Waals surface area (Å²) in [6, 6.07) is 3.63. The van der Waals surface area contributed by atoms with E-state index in [4.69, 9.17) is 22.7 Å². The van der Waals surface area contributed by atoms with Crippen molar-refractivity contribution in [3.05, 3.63) is 23.2 Å². The zero-order valence-electron chi connectivity index (χ0n) is 12.3. The van der Waals surface area contributed by atoms with Gasteiger partial charge in [-0.1, -0.05) is 0 Å². The maximum absolute atomic E-state index is 12.2. The number of aromatic nitrogens is 1. The predicted molar refractivity (Wildman–Crippen MR) is 94.2 cm³/mol. The molecule has 0 saturated carbocycles. The molecule has 0 radical (unpaired) electrons. The number of carbonyl (C=O) groups excluding carboxylic acids is 1. The number of hydrogen-bond donors (Lipinski definition) is 4. The number of rotatable bonds is 3. The van der Waals surface area contributed by atoms with Gasteiger partial charge in [-0.3, -0.25) is 15.6 Å². The summed E-state index contributed by atoms with van der Waals surface area (Å²) in [6.07, 6.45) is 3.94. The summed E-state index contributed by atoms with van der Waals surface area (Å²) in [7, 11) is 0. The predicted octanol–water partition coefficient (Wildman–Crippen LogP) is 1.17. The van der Waals surface area contributed by atoms with E-state index in [0.717, 1.165) is 29.7 Å². The van der Waals surface area contributed by atoms with Crippen LogP contribution < -0.4 is 21.9 Å². The lowest BCUT2D eigenvalue weighted by molar-refractivity contribution is 0.0948. The van der Waals surface area contributed by atoms with Crippen LogP contribution in [0.2, 0.25) is 0 Å². The average Bonchev–Trinajstić information content (AvgIpc) is 3.19. The van der Waals surface area contributed by atoms with E-state index in [1.54, 1.807) is 12.3 Å². The van der Waals surface area contributed by atoms with Crippen molar-refractivity contribution in [1.82, 2.24) is 21.2 Å². The third-order valence-corrected chi connectivity index (χ3v) is 4.89. The number of ether oxygens (including phenoxy) is 1. The van der Waals surface area contributed by atoms with Gasteiger partial charge in [-0.2, -0.15) is 0 Å². The van der Waals surface area contributed by atoms with Gasteiger partial charge in [0.25, 0.3) is 5.91 Å². The number of hydrogen-bond acceptors (Lipinski definition) is 6. The van der Waals surface area contributed by atoms with Gasteiger partial charge in [0.2, 0.25) is 0 Å². The lowest BCUT2D eigenvalue weighted by atomic mass is 10.2. The minimum atomic E-state index is -0.341. The number of fused-ring (bicyclic) bond motifs is 1. The highest BCUT2D eigenvalue weighted by Gasteiger charge is 2.18. The molecule has 0 aromatic carbocycles. The van der Waals surface area contributed by atoms with Gasteiger partial charge < -0.3 is 15.8 Å². The number of nitrogen functional groups attached to an aromatic ring is 1. The number of anilines is 1. The van der Waals surface area contributed by atoms with Crippen LogP contribution in [0.15, 0.2) is 18.3 Å². The monoisotopic (exact) mass is 351 g/mol. The number of nitrogens with zero attached hydrogens (tertiary/aromatic N) is 1. The van der Waals surface area contributed by atoms with Crippen molar-refractivity contribution in [2.75, 3.05) is 18.9 Å². The Morgan fingerprint density at radius 2 is 2.39 bits per heavy atom. The second-order valence-electron chi connectivity index (χ2n) is 5.13. The molecular weight excluding hydrogens is 334 g/mol. The number of nitrogens with one attached hydrogen (secondary N) is 3. The Morgan fingerprint density at radius 1 is 1.52 bits per heavy atom. The molecule has 0 spiro atoms. The molecule has 5 N–H and O–H groups in total. The molecular formula is C14H17N5O2S2. The van der Waals surface area contributed by atoms with Crippen molar-refractivity contribution in [1.29, 1.82) is 0 Å². The molecule has 1 amide bonds. The van der Waals surface area contributed by atoms with Crippen LogP contribution in [0.5, 0.6) is 0 Å². The van der Waals surface area contributed by atoms with E-state index in [1.807, 2.05) is 6.07 Å². The fourth-order valence-corrected chi connectivity index (χ4v) is 3.44. The summed E-state index contributed by atoms with van der Waals surface area (Å²) < 4.78 is 5.49. The van der Waals surface area contributed by atoms with Gasteiger partial charge in [0.05, 0.1) is 11.8 Å². The van der Waals surface area contributed by atoms with E-state index in [2.05, 4.69) is 21.2 Å². The summed E-state index contributed by atoms with van der Waals surface area (Å²) in [5.41, 5.74) is 11.6. The molecule has 3 rings (SSSR count). The summed E-state index contributed by atoms with van der Waals surface area (Å²) in [5, 5.41) is 4.13. The Labute approximate surface area is 142 Å². The van der Waals surface area contributed by atoms with E-state index in [0.29, 0.717) is 22.2 Å². The van der Waals surface area contributed by atoms with Gasteiger partial charge in [0.15, 0.2) is 5.11 Å². The first-order valence-corrected chi connectivity index (χ1v) is 8.46. The van der Waals surface area contributed by atoms with Crippen LogP contribution >= 0.6 is 23.6 Å². The zero-order valence-corrected chi connectivity index (χ0v) is 13.9. The highest BCUT2D eigenvalue weighted by molar-refractivity contribution is 7.80. The quantitative estimate of drug-likeness (QED) is 0.486. The van der Waals surface area contributed by atoms with E-state index >= 15 is 0 Å². The Bertz CT molecular complexity index is 727. The van der Waals surface area contributed by atoms with Crippen LogP contribution in [-0.4, -0.2) is 35.3 Å². The van der Waals surface area contributed by atoms with Crippen molar-refractivity contribution in [2.24, 2.45) is 0 Å². The van der Waals surface area contributed by atoms with Crippen LogP contribution in [0.25, 0.3) is 10.2 Å². The highest BCUT2D eigenvalue weighted by atomic mass is 32.1. The molecule has 122 valence electrons. The molecule has 9 heteroatoms. The largest absolute Gasteiger partial charge is 0.397 e. The van der Waals surface area contributed by atoms with Gasteiger partial charge in [-0.15, -0.1) is 11.3 Å². The van der Waals surface area contributed by atoms with Crippen molar-refractivity contribution in [3.8, 4) is 0 Å². The Hall–Kier alpha value is -1.97. The maximum Gasteiger partial charge on any atom is 0.281 e. The molecule has 1 fully saturated rings. The molecule has 0 unspecified atom stereocenters. The number of pyridine rings is 1. The van der Waals surface area contributed by atoms with Crippen LogP contribution in [0.1, 0.15) is 22.5 Å². The van der Waals surface area contributed by atoms with Crippen LogP contribution in [0.3, 0.4) is 0 Å². The van der Waals surface area contributed by atoms with Gasteiger partial charge in [-0.05, 0) is 37.2 Å². The second kappa shape index (κ2) is 7.07. The minimum Gasteiger partial charge on any atom is -0.397 e. The lowest BCUT2D eigenvalue weighted by Crippen LogP contribution is -2.48. The lowest BCUT2D eigenvalue weighted by Gasteiger charge is -2.14. The van der Waals surface area contributed by atoms with Crippen LogP contribution in [0, 0.1) is 0 Å². The molecule has 0 bridgehead atoms. The van der Waals surface area contributed by atoms with E-state index in [9.17, 15) is 4.79 Å². The molecule has 2 aromatic heterocycles. The smallest absolute Gasteiger partial charge is 0.281 e. The molecule has 7 nitrogen and oxygen atoms in total. The fourth-order valence-electron chi connectivity index (χ4n) is 2.35. The fraction of sp³-hybridized carbons (Fsp3) is 0.357. The number of thiocarbonyl (C=S) groups is 1. The Morgan fingerprint density at radius 3 is 3.13 bits per heavy atom. The Balaban J connectivity index is 1.53. The topological polar surface area (TPSA) is 101 Å². The molecule has 0 aliphatic carbocycles.